The summed E-state index contributed by atoms with van der Waals surface area (Å²) in [5.41, 5.74) is 3.07. The van der Waals surface area contributed by atoms with Crippen molar-refractivity contribution >= 4 is 17.6 Å². The number of carboxylic acid groups (broad SMARTS) is 1. The number of anilines is 1. The van der Waals surface area contributed by atoms with Gasteiger partial charge >= 0.3 is 5.97 Å². The molecule has 5 nitrogen and oxygen atoms in total. The average Bonchev–Trinajstić information content (AvgIpc) is 2.49. The van der Waals surface area contributed by atoms with Gasteiger partial charge in [-0.1, -0.05) is 25.1 Å². The highest BCUT2D eigenvalue weighted by atomic mass is 16.4. The van der Waals surface area contributed by atoms with Crippen LogP contribution in [0.15, 0.2) is 36.5 Å². The van der Waals surface area contributed by atoms with Crippen molar-refractivity contribution in [2.75, 3.05) is 5.32 Å². The van der Waals surface area contributed by atoms with Gasteiger partial charge in [-0.05, 0) is 36.6 Å². The fourth-order valence-corrected chi connectivity index (χ4v) is 2.04. The maximum atomic E-state index is 12.2. The molecule has 0 spiro atoms. The van der Waals surface area contributed by atoms with Crippen molar-refractivity contribution in [1.82, 2.24) is 4.98 Å². The second-order valence-corrected chi connectivity index (χ2v) is 4.65. The van der Waals surface area contributed by atoms with Gasteiger partial charge in [-0.15, -0.1) is 0 Å². The number of nitrogens with zero attached hydrogens (tertiary/aromatic N) is 1. The van der Waals surface area contributed by atoms with Crippen LogP contribution in [-0.4, -0.2) is 22.0 Å². The lowest BCUT2D eigenvalue weighted by molar-refractivity contribution is 0.0690. The second kappa shape index (κ2) is 6.17. The molecule has 108 valence electrons. The predicted molar refractivity (Wildman–Crippen MR) is 79.7 cm³/mol. The van der Waals surface area contributed by atoms with E-state index >= 15 is 0 Å². The molecule has 2 N–H and O–H groups in total. The van der Waals surface area contributed by atoms with Crippen LogP contribution < -0.4 is 5.32 Å². The van der Waals surface area contributed by atoms with E-state index in [2.05, 4.69) is 10.3 Å². The average molecular weight is 284 g/mol. The minimum absolute atomic E-state index is 0.0864. The van der Waals surface area contributed by atoms with E-state index in [-0.39, 0.29) is 11.6 Å². The normalized spacial score (nSPS) is 10.2. The van der Waals surface area contributed by atoms with Gasteiger partial charge in [0.1, 0.15) is 5.69 Å². The fraction of sp³-hybridized carbons (Fsp3) is 0.188. The standard InChI is InChI=1S/C16H16N2O3/c1-3-11-6-4-5-10(2)14(11)18-15(19)12-7-8-13(16(20)21)17-9-12/h4-9H,3H2,1-2H3,(H,18,19)(H,20,21). The molecule has 0 saturated heterocycles. The van der Waals surface area contributed by atoms with Gasteiger partial charge in [-0.3, -0.25) is 4.79 Å². The molecule has 5 heteroatoms. The van der Waals surface area contributed by atoms with Crippen LogP contribution in [0.3, 0.4) is 0 Å². The minimum Gasteiger partial charge on any atom is -0.477 e. The van der Waals surface area contributed by atoms with Gasteiger partial charge < -0.3 is 10.4 Å². The Hall–Kier alpha value is -2.69. The molecule has 0 aliphatic heterocycles. The maximum Gasteiger partial charge on any atom is 0.354 e. The minimum atomic E-state index is -1.12. The lowest BCUT2D eigenvalue weighted by Gasteiger charge is -2.12. The summed E-state index contributed by atoms with van der Waals surface area (Å²) in [6, 6.07) is 8.62. The van der Waals surface area contributed by atoms with E-state index in [0.717, 1.165) is 23.2 Å². The molecule has 1 aromatic carbocycles. The van der Waals surface area contributed by atoms with E-state index in [1.54, 1.807) is 0 Å². The molecule has 0 fully saturated rings. The predicted octanol–water partition coefficient (Wildman–Crippen LogP) is 2.90. The Morgan fingerprint density at radius 1 is 1.24 bits per heavy atom. The van der Waals surface area contributed by atoms with Crippen molar-refractivity contribution in [3.05, 3.63) is 58.9 Å². The van der Waals surface area contributed by atoms with Crippen LogP contribution in [0.5, 0.6) is 0 Å². The van der Waals surface area contributed by atoms with E-state index in [1.807, 2.05) is 32.0 Å². The van der Waals surface area contributed by atoms with Crippen LogP contribution in [0.25, 0.3) is 0 Å². The molecular weight excluding hydrogens is 268 g/mol. The highest BCUT2D eigenvalue weighted by molar-refractivity contribution is 6.05. The van der Waals surface area contributed by atoms with Crippen LogP contribution in [-0.2, 0) is 6.42 Å². The Labute approximate surface area is 122 Å². The van der Waals surface area contributed by atoms with E-state index in [4.69, 9.17) is 5.11 Å². The number of para-hydroxylation sites is 1. The number of carbonyl (C=O) groups excluding carboxylic acids is 1. The van der Waals surface area contributed by atoms with Crippen molar-refractivity contribution in [2.24, 2.45) is 0 Å². The molecule has 0 saturated carbocycles. The zero-order valence-electron chi connectivity index (χ0n) is 11.9. The molecule has 21 heavy (non-hydrogen) atoms. The maximum absolute atomic E-state index is 12.2. The summed E-state index contributed by atoms with van der Waals surface area (Å²) in [5, 5.41) is 11.7. The first-order chi connectivity index (χ1) is 10.0. The molecular formula is C16H16N2O3. The van der Waals surface area contributed by atoms with Crippen molar-refractivity contribution in [2.45, 2.75) is 20.3 Å². The summed E-state index contributed by atoms with van der Waals surface area (Å²) in [4.78, 5) is 26.7. The third-order valence-corrected chi connectivity index (χ3v) is 3.22. The van der Waals surface area contributed by atoms with Crippen molar-refractivity contribution in [3.8, 4) is 0 Å². The third-order valence-electron chi connectivity index (χ3n) is 3.22. The Morgan fingerprint density at radius 2 is 2.00 bits per heavy atom. The number of amides is 1. The van der Waals surface area contributed by atoms with E-state index in [9.17, 15) is 9.59 Å². The highest BCUT2D eigenvalue weighted by Gasteiger charge is 2.12. The van der Waals surface area contributed by atoms with Crippen LogP contribution >= 0.6 is 0 Å². The summed E-state index contributed by atoms with van der Waals surface area (Å²) in [5.74, 6) is -1.42. The number of aromatic carboxylic acids is 1. The van der Waals surface area contributed by atoms with Gasteiger partial charge in [0.05, 0.1) is 5.56 Å². The van der Waals surface area contributed by atoms with Gasteiger partial charge in [-0.25, -0.2) is 9.78 Å². The molecule has 1 heterocycles. The van der Waals surface area contributed by atoms with Crippen molar-refractivity contribution < 1.29 is 14.7 Å². The van der Waals surface area contributed by atoms with E-state index in [1.165, 1.54) is 18.3 Å². The number of carboxylic acids is 1. The summed E-state index contributed by atoms with van der Waals surface area (Å²) >= 11 is 0. The van der Waals surface area contributed by atoms with Gasteiger partial charge in [0.2, 0.25) is 0 Å². The van der Waals surface area contributed by atoms with Crippen LogP contribution in [0, 0.1) is 6.92 Å². The van der Waals surface area contributed by atoms with Gasteiger partial charge in [0.25, 0.3) is 5.91 Å². The number of benzene rings is 1. The Kier molecular flexibility index (Phi) is 4.33. The molecule has 0 unspecified atom stereocenters. The number of hydrogen-bond acceptors (Lipinski definition) is 3. The largest absolute Gasteiger partial charge is 0.477 e. The van der Waals surface area contributed by atoms with E-state index in [0.29, 0.717) is 5.56 Å². The summed E-state index contributed by atoms with van der Waals surface area (Å²) in [6.07, 6.45) is 2.08. The van der Waals surface area contributed by atoms with Crippen molar-refractivity contribution in [3.63, 3.8) is 0 Å². The SMILES string of the molecule is CCc1cccc(C)c1NC(=O)c1ccc(C(=O)O)nc1. The topological polar surface area (TPSA) is 79.3 Å². The first kappa shape index (κ1) is 14.7. The Bertz CT molecular complexity index is 678. The number of aryl methyl sites for hydroxylation is 2. The van der Waals surface area contributed by atoms with Gasteiger partial charge in [0, 0.05) is 11.9 Å². The quantitative estimate of drug-likeness (QED) is 0.904. The van der Waals surface area contributed by atoms with Gasteiger partial charge in [0.15, 0.2) is 0 Å². The number of hydrogen-bond donors (Lipinski definition) is 2. The molecule has 0 aliphatic rings. The van der Waals surface area contributed by atoms with Gasteiger partial charge in [-0.2, -0.15) is 0 Å². The first-order valence-electron chi connectivity index (χ1n) is 6.62. The number of carbonyl (C=O) groups is 2. The summed E-state index contributed by atoms with van der Waals surface area (Å²) in [7, 11) is 0. The lowest BCUT2D eigenvalue weighted by atomic mass is 10.1. The number of nitrogens with one attached hydrogen (secondary N) is 1. The number of rotatable bonds is 4. The van der Waals surface area contributed by atoms with Crippen LogP contribution in [0.4, 0.5) is 5.69 Å². The summed E-state index contributed by atoms with van der Waals surface area (Å²) in [6.45, 7) is 3.95. The fourth-order valence-electron chi connectivity index (χ4n) is 2.04. The molecule has 0 radical (unpaired) electrons. The number of pyridine rings is 1. The van der Waals surface area contributed by atoms with Crippen molar-refractivity contribution in [1.29, 1.82) is 0 Å². The molecule has 0 bridgehead atoms. The molecule has 0 aliphatic carbocycles. The first-order valence-corrected chi connectivity index (χ1v) is 6.62. The smallest absolute Gasteiger partial charge is 0.354 e. The Balaban J connectivity index is 2.24. The monoisotopic (exact) mass is 284 g/mol. The molecule has 0 atom stereocenters. The molecule has 2 rings (SSSR count). The molecule has 1 aromatic heterocycles. The zero-order chi connectivity index (χ0) is 15.4. The zero-order valence-corrected chi connectivity index (χ0v) is 11.9. The highest BCUT2D eigenvalue weighted by Crippen LogP contribution is 2.21. The van der Waals surface area contributed by atoms with E-state index < -0.39 is 5.97 Å². The summed E-state index contributed by atoms with van der Waals surface area (Å²) < 4.78 is 0. The van der Waals surface area contributed by atoms with Crippen LogP contribution in [0.2, 0.25) is 0 Å². The lowest BCUT2D eigenvalue weighted by Crippen LogP contribution is -2.15. The molecule has 1 amide bonds. The molecule has 2 aromatic rings. The number of aromatic nitrogens is 1. The Morgan fingerprint density at radius 3 is 2.57 bits per heavy atom. The second-order valence-electron chi connectivity index (χ2n) is 4.65. The van der Waals surface area contributed by atoms with Crippen LogP contribution in [0.1, 0.15) is 38.9 Å². The third kappa shape index (κ3) is 3.25.